The van der Waals surface area contributed by atoms with Crippen molar-refractivity contribution in [1.82, 2.24) is 19.1 Å². The minimum atomic E-state index is 0.607. The van der Waals surface area contributed by atoms with Crippen molar-refractivity contribution in [3.05, 3.63) is 206 Å². The van der Waals surface area contributed by atoms with Crippen LogP contribution in [0.15, 0.2) is 211 Å². The number of hydrogen-bond donors (Lipinski definition) is 0. The molecule has 0 unspecified atom stereocenters. The highest BCUT2D eigenvalue weighted by molar-refractivity contribution is 6.28. The van der Waals surface area contributed by atoms with Gasteiger partial charge in [0.1, 0.15) is 11.2 Å². The Morgan fingerprint density at radius 2 is 0.937 bits per heavy atom. The smallest absolute Gasteiger partial charge is 0.235 e. The van der Waals surface area contributed by atoms with Crippen LogP contribution in [0.25, 0.3) is 132 Å². The Morgan fingerprint density at radius 3 is 1.75 bits per heavy atom. The van der Waals surface area contributed by atoms with Crippen LogP contribution in [-0.2, 0) is 0 Å². The summed E-state index contributed by atoms with van der Waals surface area (Å²) in [6.45, 7) is 0. The van der Waals surface area contributed by atoms with Gasteiger partial charge < -0.3 is 8.98 Å². The second-order valence-electron chi connectivity index (χ2n) is 16.4. The number of furan rings is 1. The number of fused-ring (bicyclic) bond motifs is 14. The van der Waals surface area contributed by atoms with E-state index >= 15 is 0 Å². The van der Waals surface area contributed by atoms with Crippen molar-refractivity contribution in [2.45, 2.75) is 0 Å². The van der Waals surface area contributed by atoms with E-state index < -0.39 is 0 Å². The maximum atomic E-state index is 6.62. The topological polar surface area (TPSA) is 48.8 Å². The van der Waals surface area contributed by atoms with Crippen LogP contribution in [-0.4, -0.2) is 19.1 Å². The van der Waals surface area contributed by atoms with Crippen molar-refractivity contribution in [1.29, 1.82) is 0 Å². The summed E-state index contributed by atoms with van der Waals surface area (Å²) >= 11 is 0. The first-order valence-electron chi connectivity index (χ1n) is 21.4. The first kappa shape index (κ1) is 34.2. The molecule has 292 valence electrons. The van der Waals surface area contributed by atoms with Crippen LogP contribution in [0, 0.1) is 0 Å². The Balaban J connectivity index is 1.10. The van der Waals surface area contributed by atoms with Gasteiger partial charge in [-0.3, -0.25) is 4.57 Å². The van der Waals surface area contributed by atoms with E-state index in [2.05, 4.69) is 203 Å². The highest BCUT2D eigenvalue weighted by Gasteiger charge is 2.24. The summed E-state index contributed by atoms with van der Waals surface area (Å²) in [4.78, 5) is 10.9. The van der Waals surface area contributed by atoms with Crippen LogP contribution in [0.2, 0.25) is 0 Å². The van der Waals surface area contributed by atoms with Gasteiger partial charge in [0.25, 0.3) is 0 Å². The summed E-state index contributed by atoms with van der Waals surface area (Å²) in [5.41, 5.74) is 12.3. The summed E-state index contributed by atoms with van der Waals surface area (Å²) in [6, 6.07) is 73.7. The highest BCUT2D eigenvalue weighted by atomic mass is 16.3. The number of benzene rings is 10. The molecule has 14 rings (SSSR count). The fourth-order valence-electron chi connectivity index (χ4n) is 10.5. The lowest BCUT2D eigenvalue weighted by Gasteiger charge is -2.16. The molecule has 0 saturated heterocycles. The minimum absolute atomic E-state index is 0.607. The van der Waals surface area contributed by atoms with Crippen LogP contribution in [0.1, 0.15) is 0 Å². The molecule has 4 aromatic heterocycles. The molecule has 63 heavy (non-hydrogen) atoms. The monoisotopic (exact) mass is 802 g/mol. The van der Waals surface area contributed by atoms with E-state index in [0.717, 1.165) is 71.8 Å². The Labute approximate surface area is 360 Å². The standard InChI is InChI=1S/C58H34N4O/c1-2-17-35(18-3-1)61-50-30-13-9-21-38(50)48-33-46(37-20-5-7-24-41(37)56(48)61)47-34-52-54(40-23-6-4-19-36(40)47)44-26-10-14-31-51(44)62(52)58-59-49-29-12-8-25-43(49)55(60-58)45-28-16-27-42-39-22-11-15-32-53(39)63-57(42)45/h1-34H. The van der Waals surface area contributed by atoms with E-state index in [1.54, 1.807) is 0 Å². The second kappa shape index (κ2) is 13.0. The molecule has 0 atom stereocenters. The van der Waals surface area contributed by atoms with Gasteiger partial charge >= 0.3 is 0 Å². The lowest BCUT2D eigenvalue weighted by molar-refractivity contribution is 0.670. The van der Waals surface area contributed by atoms with Gasteiger partial charge in [0.05, 0.1) is 33.3 Å². The van der Waals surface area contributed by atoms with Gasteiger partial charge in [0.2, 0.25) is 5.95 Å². The molecular weight excluding hydrogens is 769 g/mol. The van der Waals surface area contributed by atoms with Crippen molar-refractivity contribution in [3.8, 4) is 34.0 Å². The lowest BCUT2D eigenvalue weighted by Crippen LogP contribution is -2.03. The van der Waals surface area contributed by atoms with Gasteiger partial charge in [0, 0.05) is 54.3 Å². The molecule has 0 spiro atoms. The molecule has 14 aromatic rings. The fourth-order valence-corrected chi connectivity index (χ4v) is 10.5. The average Bonchev–Trinajstić information content (AvgIpc) is 4.01. The summed E-state index contributed by atoms with van der Waals surface area (Å²) in [6.07, 6.45) is 0. The third-order valence-corrected chi connectivity index (χ3v) is 13.1. The zero-order valence-corrected chi connectivity index (χ0v) is 33.8. The predicted octanol–water partition coefficient (Wildman–Crippen LogP) is 15.4. The van der Waals surface area contributed by atoms with E-state index in [-0.39, 0.29) is 0 Å². The molecule has 0 amide bonds. The number of hydrogen-bond acceptors (Lipinski definition) is 3. The third-order valence-electron chi connectivity index (χ3n) is 13.1. The van der Waals surface area contributed by atoms with Crippen LogP contribution < -0.4 is 0 Å². The van der Waals surface area contributed by atoms with Crippen molar-refractivity contribution in [3.63, 3.8) is 0 Å². The summed E-state index contributed by atoms with van der Waals surface area (Å²) < 4.78 is 11.3. The molecule has 4 heterocycles. The molecule has 5 nitrogen and oxygen atoms in total. The SMILES string of the molecule is c1ccc(-n2c3ccccc3c3cc(-c4cc5c(c6ccccc46)c4ccccc4n5-c4nc(-c5cccc6c5oc5ccccc56)c5ccccc5n4)c4ccccc4c32)cc1. The predicted molar refractivity (Wildman–Crippen MR) is 261 cm³/mol. The quantitative estimate of drug-likeness (QED) is 0.178. The number of nitrogens with zero attached hydrogens (tertiary/aromatic N) is 4. The van der Waals surface area contributed by atoms with E-state index in [4.69, 9.17) is 14.4 Å². The van der Waals surface area contributed by atoms with E-state index in [1.165, 1.54) is 54.3 Å². The molecule has 10 aromatic carbocycles. The van der Waals surface area contributed by atoms with E-state index in [9.17, 15) is 0 Å². The van der Waals surface area contributed by atoms with Crippen molar-refractivity contribution in [2.24, 2.45) is 0 Å². The van der Waals surface area contributed by atoms with Gasteiger partial charge in [-0.2, -0.15) is 0 Å². The Kier molecular flexibility index (Phi) is 7.05. The zero-order valence-electron chi connectivity index (χ0n) is 33.8. The molecule has 0 saturated carbocycles. The van der Waals surface area contributed by atoms with Crippen molar-refractivity contribution >= 4 is 98.0 Å². The molecular formula is C58H34N4O. The Bertz CT molecular complexity index is 4210. The summed E-state index contributed by atoms with van der Waals surface area (Å²) in [5, 5.41) is 12.7. The molecule has 0 aliphatic carbocycles. The maximum absolute atomic E-state index is 6.62. The van der Waals surface area contributed by atoms with Crippen molar-refractivity contribution < 1.29 is 4.42 Å². The van der Waals surface area contributed by atoms with Gasteiger partial charge in [-0.25, -0.2) is 9.97 Å². The molecule has 0 aliphatic heterocycles. The molecule has 0 bridgehead atoms. The third kappa shape index (κ3) is 4.82. The first-order chi connectivity index (χ1) is 31.3. The number of aromatic nitrogens is 4. The zero-order chi connectivity index (χ0) is 41.2. The average molecular weight is 803 g/mol. The van der Waals surface area contributed by atoms with Gasteiger partial charge in [-0.1, -0.05) is 152 Å². The van der Waals surface area contributed by atoms with E-state index in [1.807, 2.05) is 12.1 Å². The van der Waals surface area contributed by atoms with Gasteiger partial charge in [-0.15, -0.1) is 0 Å². The van der Waals surface area contributed by atoms with Crippen LogP contribution in [0.5, 0.6) is 0 Å². The Hall–Kier alpha value is -8.54. The van der Waals surface area contributed by atoms with Gasteiger partial charge in [-0.05, 0) is 81.9 Å². The van der Waals surface area contributed by atoms with Gasteiger partial charge in [0.15, 0.2) is 0 Å². The van der Waals surface area contributed by atoms with Crippen LogP contribution in [0.3, 0.4) is 0 Å². The molecule has 0 N–H and O–H groups in total. The molecule has 0 aliphatic rings. The number of para-hydroxylation sites is 6. The second-order valence-corrected chi connectivity index (χ2v) is 16.4. The lowest BCUT2D eigenvalue weighted by atomic mass is 9.90. The number of rotatable bonds is 4. The highest BCUT2D eigenvalue weighted by Crippen LogP contribution is 2.47. The maximum Gasteiger partial charge on any atom is 0.235 e. The minimum Gasteiger partial charge on any atom is -0.455 e. The summed E-state index contributed by atoms with van der Waals surface area (Å²) in [7, 11) is 0. The molecule has 0 radical (unpaired) electrons. The largest absolute Gasteiger partial charge is 0.455 e. The molecule has 5 heteroatoms. The first-order valence-corrected chi connectivity index (χ1v) is 21.4. The fraction of sp³-hybridized carbons (Fsp3) is 0. The van der Waals surface area contributed by atoms with Crippen LogP contribution >= 0.6 is 0 Å². The Morgan fingerprint density at radius 1 is 0.349 bits per heavy atom. The van der Waals surface area contributed by atoms with Crippen LogP contribution in [0.4, 0.5) is 0 Å². The molecule has 0 fully saturated rings. The normalized spacial score (nSPS) is 12.1. The summed E-state index contributed by atoms with van der Waals surface area (Å²) in [5.74, 6) is 0.607. The van der Waals surface area contributed by atoms with Crippen molar-refractivity contribution in [2.75, 3.05) is 0 Å². The van der Waals surface area contributed by atoms with E-state index in [0.29, 0.717) is 5.95 Å².